The van der Waals surface area contributed by atoms with Gasteiger partial charge in [0.05, 0.1) is 29.6 Å². The molecule has 0 bridgehead atoms. The summed E-state index contributed by atoms with van der Waals surface area (Å²) in [7, 11) is -1.84. The van der Waals surface area contributed by atoms with Crippen LogP contribution in [0.4, 0.5) is 5.69 Å². The van der Waals surface area contributed by atoms with E-state index in [1.807, 2.05) is 6.07 Å². The van der Waals surface area contributed by atoms with Crippen molar-refractivity contribution in [3.63, 3.8) is 0 Å². The van der Waals surface area contributed by atoms with Gasteiger partial charge in [-0.3, -0.25) is 29.4 Å². The van der Waals surface area contributed by atoms with Gasteiger partial charge in [0.25, 0.3) is 33.4 Å². The second-order valence-corrected chi connectivity index (χ2v) is 11.4. The Morgan fingerprint density at radius 1 is 0.810 bits per heavy atom. The zero-order valence-electron chi connectivity index (χ0n) is 22.1. The molecule has 1 fully saturated rings. The highest BCUT2D eigenvalue weighted by molar-refractivity contribution is 7.89. The van der Waals surface area contributed by atoms with E-state index >= 15 is 0 Å². The van der Waals surface area contributed by atoms with E-state index in [4.69, 9.17) is 9.47 Å². The van der Waals surface area contributed by atoms with Crippen LogP contribution in [0.2, 0.25) is 0 Å². The molecule has 0 spiro atoms. The average Bonchev–Trinajstić information content (AvgIpc) is 3.24. The predicted octanol–water partition coefficient (Wildman–Crippen LogP) is 3.70. The van der Waals surface area contributed by atoms with Crippen LogP contribution in [0.3, 0.4) is 0 Å². The van der Waals surface area contributed by atoms with Gasteiger partial charge in [-0.15, -0.1) is 0 Å². The van der Waals surface area contributed by atoms with Crippen LogP contribution in [0.25, 0.3) is 10.8 Å². The third kappa shape index (κ3) is 3.74. The van der Waals surface area contributed by atoms with Crippen LogP contribution in [0, 0.1) is 10.1 Å². The minimum Gasteiger partial charge on any atom is -0.493 e. The molecule has 1 saturated heterocycles. The van der Waals surface area contributed by atoms with E-state index < -0.39 is 56.0 Å². The molecule has 2 heterocycles. The molecule has 12 nitrogen and oxygen atoms in total. The molecule has 2 atom stereocenters. The number of amides is 3. The van der Waals surface area contributed by atoms with Gasteiger partial charge < -0.3 is 9.47 Å². The fourth-order valence-electron chi connectivity index (χ4n) is 5.54. The summed E-state index contributed by atoms with van der Waals surface area (Å²) in [5.74, 6) is -2.78. The quantitative estimate of drug-likeness (QED) is 0.136. The first-order valence-electron chi connectivity index (χ1n) is 12.5. The summed E-state index contributed by atoms with van der Waals surface area (Å²) >= 11 is 0. The number of carbonyl (C=O) groups excluding carboxylic acids is 3. The summed E-state index contributed by atoms with van der Waals surface area (Å²) in [6, 6.07) is 16.6. The summed E-state index contributed by atoms with van der Waals surface area (Å²) in [5.41, 5.74) is -1.17. The molecule has 13 heteroatoms. The number of carbonyl (C=O) groups is 3. The summed E-state index contributed by atoms with van der Waals surface area (Å²) in [5, 5.41) is 13.0. The number of nitro benzene ring substituents is 1. The number of sulfonamides is 1. The fraction of sp³-hybridized carbons (Fsp3) is 0.138. The van der Waals surface area contributed by atoms with Crippen molar-refractivity contribution < 1.29 is 37.2 Å². The standard InChI is InChI=1S/C29H21N3O9S/c1-40-22-12-6-10-20(26(22)41-2)24-25(30-27(33)19-9-5-11-21(32(36)37)23(19)28(30)34)29(35)31(24)42(38,39)18-14-13-16-7-3-4-8-17(16)15-18/h3-15,24-25H,1-2H3. The zero-order valence-corrected chi connectivity index (χ0v) is 22.9. The molecule has 0 aromatic heterocycles. The molecule has 2 aliphatic rings. The second kappa shape index (κ2) is 9.66. The van der Waals surface area contributed by atoms with E-state index in [-0.39, 0.29) is 27.5 Å². The van der Waals surface area contributed by atoms with Gasteiger partial charge in [-0.1, -0.05) is 48.5 Å². The zero-order chi connectivity index (χ0) is 29.9. The monoisotopic (exact) mass is 587 g/mol. The highest BCUT2D eigenvalue weighted by Crippen LogP contribution is 2.49. The van der Waals surface area contributed by atoms with Crippen LogP contribution in [0.15, 0.2) is 83.8 Å². The third-order valence-corrected chi connectivity index (χ3v) is 9.23. The van der Waals surface area contributed by atoms with Crippen LogP contribution in [0.1, 0.15) is 32.3 Å². The van der Waals surface area contributed by atoms with Gasteiger partial charge in [0.15, 0.2) is 11.5 Å². The third-order valence-electron chi connectivity index (χ3n) is 7.45. The molecule has 6 rings (SSSR count). The van der Waals surface area contributed by atoms with Crippen molar-refractivity contribution in [2.24, 2.45) is 0 Å². The molecule has 3 amide bonds. The molecular formula is C29H21N3O9S. The van der Waals surface area contributed by atoms with Crippen LogP contribution >= 0.6 is 0 Å². The number of β-lactam (4-membered cyclic amide) rings is 1. The largest absolute Gasteiger partial charge is 0.493 e. The summed E-state index contributed by atoms with van der Waals surface area (Å²) in [4.78, 5) is 52.1. The molecule has 0 N–H and O–H groups in total. The number of benzene rings is 4. The first kappa shape index (κ1) is 26.9. The normalized spacial score (nSPS) is 18.2. The maximum atomic E-state index is 14.0. The minimum atomic E-state index is -4.54. The predicted molar refractivity (Wildman–Crippen MR) is 148 cm³/mol. The molecule has 4 aromatic rings. The van der Waals surface area contributed by atoms with Crippen molar-refractivity contribution >= 4 is 44.2 Å². The Kier molecular flexibility index (Phi) is 6.19. The van der Waals surface area contributed by atoms with Crippen LogP contribution < -0.4 is 9.47 Å². The molecule has 212 valence electrons. The number of methoxy groups -OCH3 is 2. The van der Waals surface area contributed by atoms with Gasteiger partial charge in [-0.2, -0.15) is 0 Å². The van der Waals surface area contributed by atoms with E-state index in [1.165, 1.54) is 44.6 Å². The highest BCUT2D eigenvalue weighted by Gasteiger charge is 2.62. The van der Waals surface area contributed by atoms with Crippen LogP contribution in [0.5, 0.6) is 11.5 Å². The Morgan fingerprint density at radius 2 is 1.52 bits per heavy atom. The number of nitro groups is 1. The fourth-order valence-corrected chi connectivity index (χ4v) is 7.16. The smallest absolute Gasteiger partial charge is 0.282 e. The topological polar surface area (TPSA) is 153 Å². The number of fused-ring (bicyclic) bond motifs is 2. The Morgan fingerprint density at radius 3 is 2.21 bits per heavy atom. The SMILES string of the molecule is COc1cccc(C2C(N3C(=O)c4cccc([N+](=O)[O-])c4C3=O)C(=O)N2S(=O)(=O)c2ccc3ccccc3c2)c1OC. The minimum absolute atomic E-state index is 0.0869. The van der Waals surface area contributed by atoms with Crippen molar-refractivity contribution in [1.82, 2.24) is 9.21 Å². The van der Waals surface area contributed by atoms with E-state index in [0.717, 1.165) is 11.5 Å². The lowest BCUT2D eigenvalue weighted by molar-refractivity contribution is -0.385. The molecule has 0 radical (unpaired) electrons. The number of rotatable bonds is 7. The number of ether oxygens (including phenoxy) is 2. The Balaban J connectivity index is 1.52. The first-order valence-corrected chi connectivity index (χ1v) is 14.0. The van der Waals surface area contributed by atoms with Gasteiger partial charge in [0, 0.05) is 11.6 Å². The Labute approximate surface area is 238 Å². The maximum absolute atomic E-state index is 14.0. The number of hydrogen-bond acceptors (Lipinski definition) is 9. The number of hydrogen-bond donors (Lipinski definition) is 0. The van der Waals surface area contributed by atoms with Gasteiger partial charge in [0.2, 0.25) is 0 Å². The van der Waals surface area contributed by atoms with Gasteiger partial charge in [-0.05, 0) is 35.0 Å². The maximum Gasteiger partial charge on any atom is 0.282 e. The lowest BCUT2D eigenvalue weighted by Gasteiger charge is -2.48. The Bertz CT molecular complexity index is 1960. The second-order valence-electron chi connectivity index (χ2n) is 9.56. The molecule has 0 saturated carbocycles. The van der Waals surface area contributed by atoms with Crippen molar-refractivity contribution in [3.8, 4) is 11.5 Å². The van der Waals surface area contributed by atoms with Gasteiger partial charge in [0.1, 0.15) is 17.6 Å². The van der Waals surface area contributed by atoms with Gasteiger partial charge in [-0.25, -0.2) is 12.7 Å². The molecule has 2 aliphatic heterocycles. The van der Waals surface area contributed by atoms with Crippen LogP contribution in [-0.4, -0.2) is 60.5 Å². The Hall–Kier alpha value is -5.30. The van der Waals surface area contributed by atoms with E-state index in [0.29, 0.717) is 14.6 Å². The summed E-state index contributed by atoms with van der Waals surface area (Å²) in [6.45, 7) is 0. The number of nitrogens with zero attached hydrogens (tertiary/aromatic N) is 3. The van der Waals surface area contributed by atoms with Gasteiger partial charge >= 0.3 is 0 Å². The van der Waals surface area contributed by atoms with E-state index in [2.05, 4.69) is 0 Å². The molecule has 4 aromatic carbocycles. The van der Waals surface area contributed by atoms with Crippen molar-refractivity contribution in [2.45, 2.75) is 17.0 Å². The molecule has 2 unspecified atom stereocenters. The lowest BCUT2D eigenvalue weighted by atomic mass is 9.89. The highest BCUT2D eigenvalue weighted by atomic mass is 32.2. The average molecular weight is 588 g/mol. The van der Waals surface area contributed by atoms with Crippen molar-refractivity contribution in [2.75, 3.05) is 14.2 Å². The molecule has 0 aliphatic carbocycles. The van der Waals surface area contributed by atoms with Crippen molar-refractivity contribution in [1.29, 1.82) is 0 Å². The first-order chi connectivity index (χ1) is 20.1. The molecular weight excluding hydrogens is 566 g/mol. The number of para-hydroxylation sites is 1. The van der Waals surface area contributed by atoms with Crippen LogP contribution in [-0.2, 0) is 14.8 Å². The molecule has 42 heavy (non-hydrogen) atoms. The summed E-state index contributed by atoms with van der Waals surface area (Å²) < 4.78 is 39.6. The van der Waals surface area contributed by atoms with E-state index in [9.17, 15) is 32.9 Å². The number of imide groups is 1. The summed E-state index contributed by atoms with van der Waals surface area (Å²) in [6.07, 6.45) is 0. The van der Waals surface area contributed by atoms with E-state index in [1.54, 1.807) is 36.4 Å². The van der Waals surface area contributed by atoms with Crippen molar-refractivity contribution in [3.05, 3.63) is 106 Å². The lowest BCUT2D eigenvalue weighted by Crippen LogP contribution is -2.67.